The second-order valence-corrected chi connectivity index (χ2v) is 10.5. The summed E-state index contributed by atoms with van der Waals surface area (Å²) in [6, 6.07) is 12.5. The van der Waals surface area contributed by atoms with E-state index in [0.717, 1.165) is 47.4 Å². The molecule has 0 radical (unpaired) electrons. The molecule has 1 aliphatic rings. The van der Waals surface area contributed by atoms with Crippen molar-refractivity contribution in [3.8, 4) is 0 Å². The SMILES string of the molecule is CCOC(=O)c1c(NC(=O)CSc2cccc(NC(=O)c3ccc(F)cc3)c2)sc2c1CCCCC2. The van der Waals surface area contributed by atoms with Gasteiger partial charge in [-0.05, 0) is 80.6 Å². The van der Waals surface area contributed by atoms with E-state index in [1.165, 1.54) is 47.4 Å². The predicted octanol–water partition coefficient (Wildman–Crippen LogP) is 6.32. The number of amides is 2. The van der Waals surface area contributed by atoms with Crippen molar-refractivity contribution in [1.29, 1.82) is 0 Å². The highest BCUT2D eigenvalue weighted by molar-refractivity contribution is 8.00. The van der Waals surface area contributed by atoms with Crippen LogP contribution in [-0.2, 0) is 22.4 Å². The molecule has 1 aromatic heterocycles. The third-order valence-corrected chi connectivity index (χ3v) is 7.92. The van der Waals surface area contributed by atoms with Crippen LogP contribution in [-0.4, -0.2) is 30.1 Å². The van der Waals surface area contributed by atoms with Gasteiger partial charge < -0.3 is 15.4 Å². The van der Waals surface area contributed by atoms with Crippen LogP contribution < -0.4 is 10.6 Å². The minimum atomic E-state index is -0.407. The molecule has 0 spiro atoms. The molecule has 9 heteroatoms. The number of thioether (sulfide) groups is 1. The number of carbonyl (C=O) groups is 3. The van der Waals surface area contributed by atoms with Crippen molar-refractivity contribution in [2.75, 3.05) is 23.0 Å². The first-order valence-corrected chi connectivity index (χ1v) is 13.7. The number of nitrogens with one attached hydrogen (secondary N) is 2. The van der Waals surface area contributed by atoms with Gasteiger partial charge in [0.05, 0.1) is 17.9 Å². The number of hydrogen-bond acceptors (Lipinski definition) is 6. The average Bonchev–Trinajstić information content (AvgIpc) is 3.03. The Bertz CT molecular complexity index is 1260. The smallest absolute Gasteiger partial charge is 0.341 e. The number of hydrogen-bond donors (Lipinski definition) is 2. The molecule has 0 bridgehead atoms. The number of carbonyl (C=O) groups excluding carboxylic acids is 3. The first-order chi connectivity index (χ1) is 17.4. The fraction of sp³-hybridized carbons (Fsp3) is 0.296. The summed E-state index contributed by atoms with van der Waals surface area (Å²) in [7, 11) is 0. The second-order valence-electron chi connectivity index (χ2n) is 8.31. The molecular weight excluding hydrogens is 499 g/mol. The maximum absolute atomic E-state index is 13.1. The van der Waals surface area contributed by atoms with E-state index in [-0.39, 0.29) is 30.1 Å². The third-order valence-electron chi connectivity index (χ3n) is 5.72. The van der Waals surface area contributed by atoms with E-state index in [1.807, 2.05) is 6.07 Å². The first-order valence-electron chi connectivity index (χ1n) is 11.9. The molecule has 0 atom stereocenters. The molecular formula is C27H27FN2O4S2. The van der Waals surface area contributed by atoms with Crippen molar-refractivity contribution in [3.05, 3.63) is 75.9 Å². The molecule has 4 rings (SSSR count). The summed E-state index contributed by atoms with van der Waals surface area (Å²) in [6.45, 7) is 2.05. The van der Waals surface area contributed by atoms with Crippen molar-refractivity contribution in [3.63, 3.8) is 0 Å². The Hall–Kier alpha value is -3.17. The molecule has 1 aliphatic carbocycles. The normalized spacial score (nSPS) is 12.8. The van der Waals surface area contributed by atoms with Gasteiger partial charge in [0.1, 0.15) is 10.8 Å². The summed E-state index contributed by atoms with van der Waals surface area (Å²) in [5.74, 6) is -1.22. The van der Waals surface area contributed by atoms with Crippen molar-refractivity contribution in [2.24, 2.45) is 0 Å². The lowest BCUT2D eigenvalue weighted by Gasteiger charge is -2.09. The number of fused-ring (bicyclic) bond motifs is 1. The van der Waals surface area contributed by atoms with E-state index >= 15 is 0 Å². The highest BCUT2D eigenvalue weighted by Crippen LogP contribution is 2.38. The maximum Gasteiger partial charge on any atom is 0.341 e. The van der Waals surface area contributed by atoms with E-state index < -0.39 is 5.82 Å². The van der Waals surface area contributed by atoms with Crippen LogP contribution in [0.15, 0.2) is 53.4 Å². The minimum absolute atomic E-state index is 0.139. The van der Waals surface area contributed by atoms with Gasteiger partial charge in [0, 0.05) is 21.0 Å². The summed E-state index contributed by atoms with van der Waals surface area (Å²) in [5.41, 5.74) is 2.44. The van der Waals surface area contributed by atoms with Crippen molar-refractivity contribution < 1.29 is 23.5 Å². The van der Waals surface area contributed by atoms with Gasteiger partial charge >= 0.3 is 5.97 Å². The summed E-state index contributed by atoms with van der Waals surface area (Å²) >= 11 is 2.80. The molecule has 0 unspecified atom stereocenters. The summed E-state index contributed by atoms with van der Waals surface area (Å²) in [5, 5.41) is 6.27. The van der Waals surface area contributed by atoms with Crippen LogP contribution in [0.4, 0.5) is 15.1 Å². The van der Waals surface area contributed by atoms with Gasteiger partial charge in [0.15, 0.2) is 0 Å². The highest BCUT2D eigenvalue weighted by Gasteiger charge is 2.26. The van der Waals surface area contributed by atoms with Crippen LogP contribution in [0.2, 0.25) is 0 Å². The quantitative estimate of drug-likeness (QED) is 0.204. The van der Waals surface area contributed by atoms with Gasteiger partial charge in [0.2, 0.25) is 5.91 Å². The van der Waals surface area contributed by atoms with Gasteiger partial charge in [-0.1, -0.05) is 12.5 Å². The van der Waals surface area contributed by atoms with Gasteiger partial charge in [-0.25, -0.2) is 9.18 Å². The number of ether oxygens (including phenoxy) is 1. The van der Waals surface area contributed by atoms with Crippen LogP contribution >= 0.6 is 23.1 Å². The van der Waals surface area contributed by atoms with E-state index in [4.69, 9.17) is 4.74 Å². The van der Waals surface area contributed by atoms with Gasteiger partial charge in [-0.2, -0.15) is 0 Å². The lowest BCUT2D eigenvalue weighted by Crippen LogP contribution is -2.17. The monoisotopic (exact) mass is 526 g/mol. The number of rotatable bonds is 8. The van der Waals surface area contributed by atoms with Crippen LogP contribution in [0, 0.1) is 5.82 Å². The molecule has 2 aromatic carbocycles. The summed E-state index contributed by atoms with van der Waals surface area (Å²) < 4.78 is 18.4. The Morgan fingerprint density at radius 2 is 1.81 bits per heavy atom. The molecule has 6 nitrogen and oxygen atoms in total. The Morgan fingerprint density at radius 1 is 1.03 bits per heavy atom. The van der Waals surface area contributed by atoms with E-state index in [1.54, 1.807) is 25.1 Å². The molecule has 36 heavy (non-hydrogen) atoms. The van der Waals surface area contributed by atoms with E-state index in [2.05, 4.69) is 10.6 Å². The highest BCUT2D eigenvalue weighted by atomic mass is 32.2. The van der Waals surface area contributed by atoms with Gasteiger partial charge in [-0.15, -0.1) is 23.1 Å². The molecule has 3 aromatic rings. The fourth-order valence-electron chi connectivity index (χ4n) is 4.03. The molecule has 2 amide bonds. The minimum Gasteiger partial charge on any atom is -0.462 e. The van der Waals surface area contributed by atoms with Gasteiger partial charge in [0.25, 0.3) is 5.91 Å². The predicted molar refractivity (Wildman–Crippen MR) is 142 cm³/mol. The second kappa shape index (κ2) is 12.2. The molecule has 0 saturated heterocycles. The molecule has 2 N–H and O–H groups in total. The molecule has 0 saturated carbocycles. The summed E-state index contributed by atoms with van der Waals surface area (Å²) in [6.07, 6.45) is 4.96. The topological polar surface area (TPSA) is 84.5 Å². The number of esters is 1. The van der Waals surface area contributed by atoms with Crippen LogP contribution in [0.25, 0.3) is 0 Å². The lowest BCUT2D eigenvalue weighted by molar-refractivity contribution is -0.113. The summed E-state index contributed by atoms with van der Waals surface area (Å²) in [4.78, 5) is 39.8. The Balaban J connectivity index is 1.40. The third kappa shape index (κ3) is 6.53. The van der Waals surface area contributed by atoms with Crippen LogP contribution in [0.3, 0.4) is 0 Å². The first kappa shape index (κ1) is 25.9. The van der Waals surface area contributed by atoms with Crippen LogP contribution in [0.5, 0.6) is 0 Å². The van der Waals surface area contributed by atoms with E-state index in [0.29, 0.717) is 21.8 Å². The number of benzene rings is 2. The number of aryl methyl sites for hydroxylation is 1. The van der Waals surface area contributed by atoms with E-state index in [9.17, 15) is 18.8 Å². The van der Waals surface area contributed by atoms with Crippen molar-refractivity contribution in [1.82, 2.24) is 0 Å². The Kier molecular flexibility index (Phi) is 8.77. The fourth-order valence-corrected chi connectivity index (χ4v) is 6.08. The molecule has 0 aliphatic heterocycles. The largest absolute Gasteiger partial charge is 0.462 e. The number of halogens is 1. The maximum atomic E-state index is 13.1. The molecule has 0 fully saturated rings. The lowest BCUT2D eigenvalue weighted by atomic mass is 10.1. The molecule has 1 heterocycles. The Morgan fingerprint density at radius 3 is 2.58 bits per heavy atom. The van der Waals surface area contributed by atoms with Gasteiger partial charge in [-0.3, -0.25) is 9.59 Å². The van der Waals surface area contributed by atoms with Crippen molar-refractivity contribution >= 4 is 51.6 Å². The number of anilines is 2. The Labute approximate surface area is 217 Å². The zero-order chi connectivity index (χ0) is 25.5. The standard InChI is InChI=1S/C27H27FN2O4S2/c1-2-34-27(33)24-21-9-4-3-5-10-22(21)36-26(24)30-23(31)16-35-20-8-6-7-19(15-20)29-25(32)17-11-13-18(28)14-12-17/h6-8,11-15H,2-5,9-10,16H2,1H3,(H,29,32)(H,30,31). The molecule has 188 valence electrons. The van der Waals surface area contributed by atoms with Crippen LogP contribution in [0.1, 0.15) is 57.3 Å². The number of thiophene rings is 1. The average molecular weight is 527 g/mol. The van der Waals surface area contributed by atoms with Crippen molar-refractivity contribution in [2.45, 2.75) is 43.9 Å². The zero-order valence-electron chi connectivity index (χ0n) is 19.9. The zero-order valence-corrected chi connectivity index (χ0v) is 21.5.